The number of aromatic nitrogens is 2. The number of hydrogen-bond acceptors (Lipinski definition) is 3. The average Bonchev–Trinajstić information content (AvgIpc) is 2.98. The van der Waals surface area contributed by atoms with Gasteiger partial charge in [-0.15, -0.1) is 0 Å². The Kier molecular flexibility index (Phi) is 1.98. The predicted octanol–water partition coefficient (Wildman–Crippen LogP) is 0.138. The van der Waals surface area contributed by atoms with Gasteiger partial charge in [0.15, 0.2) is 0 Å². The normalized spacial score (nSPS) is 26.0. The summed E-state index contributed by atoms with van der Waals surface area (Å²) >= 11 is 0. The molecule has 1 N–H and O–H groups in total. The number of hydrogen-bond donors (Lipinski definition) is 1. The van der Waals surface area contributed by atoms with Crippen molar-refractivity contribution in [2.75, 3.05) is 0 Å². The zero-order chi connectivity index (χ0) is 10.3. The number of nitrogens with one attached hydrogen (secondary N) is 1. The van der Waals surface area contributed by atoms with Crippen molar-refractivity contribution in [2.45, 2.75) is 32.0 Å². The molecule has 1 atom stereocenters. The summed E-state index contributed by atoms with van der Waals surface area (Å²) < 4.78 is 2.05. The van der Waals surface area contributed by atoms with E-state index in [0.29, 0.717) is 6.04 Å². The molecule has 0 aromatic carbocycles. The Bertz CT molecular complexity index is 371. The zero-order valence-corrected chi connectivity index (χ0v) is 8.47. The van der Waals surface area contributed by atoms with Gasteiger partial charge in [0, 0.05) is 6.20 Å². The molecule has 1 aromatic heterocycles. The summed E-state index contributed by atoms with van der Waals surface area (Å²) in [5.74, 6) is 0.731. The summed E-state index contributed by atoms with van der Waals surface area (Å²) in [6.07, 6.45) is 5.14. The molecule has 5 nitrogen and oxygen atoms in total. The summed E-state index contributed by atoms with van der Waals surface area (Å²) in [7, 11) is 0. The van der Waals surface area contributed by atoms with Crippen molar-refractivity contribution in [2.24, 2.45) is 5.92 Å². The second-order valence-corrected chi connectivity index (χ2v) is 4.28. The molecule has 3 rings (SSSR count). The van der Waals surface area contributed by atoms with Crippen LogP contribution in [0.1, 0.15) is 18.5 Å². The van der Waals surface area contributed by atoms with Crippen molar-refractivity contribution in [3.8, 4) is 0 Å². The molecule has 1 amide bonds. The first-order valence-corrected chi connectivity index (χ1v) is 5.35. The maximum absolute atomic E-state index is 10.5. The van der Waals surface area contributed by atoms with Crippen molar-refractivity contribution in [3.05, 3.63) is 18.0 Å². The molecule has 0 saturated heterocycles. The number of rotatable bonds is 3. The Balaban J connectivity index is 1.84. The summed E-state index contributed by atoms with van der Waals surface area (Å²) in [4.78, 5) is 10.5. The molecule has 0 spiro atoms. The Hall–Kier alpha value is -1.36. The lowest BCUT2D eigenvalue weighted by Gasteiger charge is -2.35. The molecule has 1 fully saturated rings. The summed E-state index contributed by atoms with van der Waals surface area (Å²) in [6.45, 7) is 1.66. The SMILES string of the molecule is O=CNN1Cc2ccnn2CC1C1CC1. The molecule has 2 aliphatic rings. The summed E-state index contributed by atoms with van der Waals surface area (Å²) in [5, 5.41) is 6.33. The van der Waals surface area contributed by atoms with Gasteiger partial charge in [-0.3, -0.25) is 14.9 Å². The molecule has 1 unspecified atom stereocenters. The third-order valence-electron chi connectivity index (χ3n) is 3.28. The third kappa shape index (κ3) is 1.52. The average molecular weight is 206 g/mol. The first-order valence-electron chi connectivity index (χ1n) is 5.35. The molecule has 1 aromatic rings. The lowest BCUT2D eigenvalue weighted by molar-refractivity contribution is -0.116. The quantitative estimate of drug-likeness (QED) is 0.716. The summed E-state index contributed by atoms with van der Waals surface area (Å²) in [5.41, 5.74) is 3.97. The van der Waals surface area contributed by atoms with Gasteiger partial charge in [0.05, 0.1) is 24.8 Å². The third-order valence-corrected chi connectivity index (χ3v) is 3.28. The fourth-order valence-electron chi connectivity index (χ4n) is 2.32. The fourth-order valence-corrected chi connectivity index (χ4v) is 2.32. The van der Waals surface area contributed by atoms with E-state index in [-0.39, 0.29) is 0 Å². The van der Waals surface area contributed by atoms with Gasteiger partial charge in [0.1, 0.15) is 0 Å². The number of carbonyl (C=O) groups is 1. The van der Waals surface area contributed by atoms with Gasteiger partial charge in [-0.2, -0.15) is 5.10 Å². The molecular formula is C10H14N4O. The molecule has 15 heavy (non-hydrogen) atoms. The molecule has 1 saturated carbocycles. The van der Waals surface area contributed by atoms with Crippen molar-refractivity contribution >= 4 is 6.41 Å². The van der Waals surface area contributed by atoms with Crippen LogP contribution in [0.3, 0.4) is 0 Å². The van der Waals surface area contributed by atoms with E-state index in [2.05, 4.69) is 10.5 Å². The van der Waals surface area contributed by atoms with E-state index in [1.807, 2.05) is 22.0 Å². The van der Waals surface area contributed by atoms with Crippen LogP contribution in [0.15, 0.2) is 12.3 Å². The zero-order valence-electron chi connectivity index (χ0n) is 8.47. The molecular weight excluding hydrogens is 192 g/mol. The highest BCUT2D eigenvalue weighted by Gasteiger charge is 2.38. The minimum atomic E-state index is 0.419. The van der Waals surface area contributed by atoms with Gasteiger partial charge in [0.25, 0.3) is 0 Å². The highest BCUT2D eigenvalue weighted by molar-refractivity contribution is 5.45. The van der Waals surface area contributed by atoms with Gasteiger partial charge in [-0.25, -0.2) is 5.01 Å². The molecule has 2 heterocycles. The van der Waals surface area contributed by atoms with Crippen LogP contribution in [0.25, 0.3) is 0 Å². The van der Waals surface area contributed by atoms with E-state index >= 15 is 0 Å². The topological polar surface area (TPSA) is 50.2 Å². The Morgan fingerprint density at radius 3 is 3.13 bits per heavy atom. The van der Waals surface area contributed by atoms with Crippen molar-refractivity contribution < 1.29 is 4.79 Å². The van der Waals surface area contributed by atoms with Crippen molar-refractivity contribution in [1.82, 2.24) is 20.2 Å². The maximum atomic E-state index is 10.5. The minimum absolute atomic E-state index is 0.419. The first-order chi connectivity index (χ1) is 7.38. The van der Waals surface area contributed by atoms with Gasteiger partial charge >= 0.3 is 0 Å². The van der Waals surface area contributed by atoms with E-state index in [4.69, 9.17) is 0 Å². The van der Waals surface area contributed by atoms with Gasteiger partial charge in [0.2, 0.25) is 6.41 Å². The van der Waals surface area contributed by atoms with Crippen LogP contribution in [0.4, 0.5) is 0 Å². The number of carbonyl (C=O) groups excluding carboxylic acids is 1. The maximum Gasteiger partial charge on any atom is 0.221 e. The number of amides is 1. The predicted molar refractivity (Wildman–Crippen MR) is 53.5 cm³/mol. The number of nitrogens with zero attached hydrogens (tertiary/aromatic N) is 3. The standard InChI is InChI=1S/C10H14N4O/c15-7-12-14-5-9-3-4-11-13(9)6-10(14)8-1-2-8/h3-4,7-8,10H,1-2,5-6H2,(H,12,15). The fraction of sp³-hybridized carbons (Fsp3) is 0.600. The van der Waals surface area contributed by atoms with Crippen LogP contribution >= 0.6 is 0 Å². The van der Waals surface area contributed by atoms with E-state index in [1.165, 1.54) is 18.5 Å². The second kappa shape index (κ2) is 3.34. The second-order valence-electron chi connectivity index (χ2n) is 4.28. The molecule has 1 aliphatic heterocycles. The van der Waals surface area contributed by atoms with E-state index < -0.39 is 0 Å². The van der Waals surface area contributed by atoms with E-state index in [1.54, 1.807) is 0 Å². The van der Waals surface area contributed by atoms with Crippen LogP contribution < -0.4 is 5.43 Å². The van der Waals surface area contributed by atoms with Gasteiger partial charge < -0.3 is 0 Å². The number of hydrazine groups is 1. The molecule has 5 heteroatoms. The van der Waals surface area contributed by atoms with Crippen LogP contribution in [-0.4, -0.2) is 27.2 Å². The van der Waals surface area contributed by atoms with Gasteiger partial charge in [-0.1, -0.05) is 0 Å². The van der Waals surface area contributed by atoms with Crippen LogP contribution in [0.2, 0.25) is 0 Å². The van der Waals surface area contributed by atoms with E-state index in [9.17, 15) is 4.79 Å². The van der Waals surface area contributed by atoms with Crippen molar-refractivity contribution in [1.29, 1.82) is 0 Å². The van der Waals surface area contributed by atoms with Crippen LogP contribution in [0.5, 0.6) is 0 Å². The van der Waals surface area contributed by atoms with Gasteiger partial charge in [-0.05, 0) is 24.8 Å². The lowest BCUT2D eigenvalue weighted by atomic mass is 10.1. The molecule has 80 valence electrons. The van der Waals surface area contributed by atoms with Crippen LogP contribution in [0, 0.1) is 5.92 Å². The first kappa shape index (κ1) is 8.91. The largest absolute Gasteiger partial charge is 0.291 e. The Labute approximate surface area is 88.0 Å². The smallest absolute Gasteiger partial charge is 0.221 e. The number of fused-ring (bicyclic) bond motifs is 1. The van der Waals surface area contributed by atoms with E-state index in [0.717, 1.165) is 25.4 Å². The monoisotopic (exact) mass is 206 g/mol. The lowest BCUT2D eigenvalue weighted by Crippen LogP contribution is -2.51. The van der Waals surface area contributed by atoms with Crippen LogP contribution in [-0.2, 0) is 17.9 Å². The summed E-state index contributed by atoms with van der Waals surface area (Å²) in [6, 6.07) is 2.42. The minimum Gasteiger partial charge on any atom is -0.291 e. The molecule has 0 bridgehead atoms. The highest BCUT2D eigenvalue weighted by atomic mass is 16.1. The van der Waals surface area contributed by atoms with Crippen molar-refractivity contribution in [3.63, 3.8) is 0 Å². The molecule has 1 aliphatic carbocycles. The Morgan fingerprint density at radius 2 is 2.40 bits per heavy atom. The molecule has 0 radical (unpaired) electrons. The Morgan fingerprint density at radius 1 is 1.53 bits per heavy atom. The highest BCUT2D eigenvalue weighted by Crippen LogP contribution is 2.37.